The Morgan fingerprint density at radius 1 is 1.05 bits per heavy atom. The molecular weight excluding hydrogens is 262 g/mol. The number of hydrogen-bond donors (Lipinski definition) is 1. The fourth-order valence-corrected chi connectivity index (χ4v) is 2.39. The number of carboxylic acid groups (broad SMARTS) is 1. The number of rotatable bonds is 5. The van der Waals surface area contributed by atoms with Gasteiger partial charge in [0.1, 0.15) is 0 Å². The van der Waals surface area contributed by atoms with Crippen molar-refractivity contribution in [3.63, 3.8) is 0 Å². The van der Waals surface area contributed by atoms with Crippen molar-refractivity contribution in [2.75, 3.05) is 7.05 Å². The second-order valence-corrected chi connectivity index (χ2v) is 5.53. The molecule has 0 unspecified atom stereocenters. The molecule has 110 valence electrons. The van der Waals surface area contributed by atoms with Crippen LogP contribution in [0.25, 0.3) is 0 Å². The Labute approximate surface area is 125 Å². The van der Waals surface area contributed by atoms with E-state index >= 15 is 0 Å². The van der Waals surface area contributed by atoms with E-state index in [2.05, 4.69) is 44.0 Å². The number of benzene rings is 2. The van der Waals surface area contributed by atoms with Gasteiger partial charge in [-0.2, -0.15) is 0 Å². The zero-order chi connectivity index (χ0) is 15.4. The lowest BCUT2D eigenvalue weighted by Crippen LogP contribution is -2.18. The highest BCUT2D eigenvalue weighted by atomic mass is 16.4. The Morgan fingerprint density at radius 2 is 1.71 bits per heavy atom. The number of nitrogens with zero attached hydrogens (tertiary/aromatic N) is 1. The van der Waals surface area contributed by atoms with Gasteiger partial charge in [-0.1, -0.05) is 30.3 Å². The highest BCUT2D eigenvalue weighted by Gasteiger charge is 2.07. The Kier molecular flexibility index (Phi) is 4.76. The van der Waals surface area contributed by atoms with Crippen LogP contribution < -0.4 is 0 Å². The summed E-state index contributed by atoms with van der Waals surface area (Å²) in [5, 5.41) is 8.90. The van der Waals surface area contributed by atoms with Crippen molar-refractivity contribution in [2.24, 2.45) is 0 Å². The molecule has 0 spiro atoms. The monoisotopic (exact) mass is 283 g/mol. The van der Waals surface area contributed by atoms with E-state index in [4.69, 9.17) is 5.11 Å². The molecule has 0 fully saturated rings. The van der Waals surface area contributed by atoms with Gasteiger partial charge in [-0.25, -0.2) is 4.79 Å². The molecule has 0 saturated carbocycles. The summed E-state index contributed by atoms with van der Waals surface area (Å²) in [6.45, 7) is 5.96. The summed E-state index contributed by atoms with van der Waals surface area (Å²) >= 11 is 0. The molecule has 0 aliphatic rings. The molecular formula is C18H21NO2. The molecule has 2 rings (SSSR count). The van der Waals surface area contributed by atoms with E-state index < -0.39 is 5.97 Å². The summed E-state index contributed by atoms with van der Waals surface area (Å²) in [6.07, 6.45) is 0. The number of carboxylic acids is 1. The van der Waals surface area contributed by atoms with Crippen LogP contribution in [0.2, 0.25) is 0 Å². The van der Waals surface area contributed by atoms with Crippen LogP contribution in [0.1, 0.15) is 32.6 Å². The second kappa shape index (κ2) is 6.55. The average Bonchev–Trinajstić information content (AvgIpc) is 2.44. The van der Waals surface area contributed by atoms with Crippen molar-refractivity contribution in [3.05, 3.63) is 70.3 Å². The van der Waals surface area contributed by atoms with E-state index in [1.165, 1.54) is 16.7 Å². The predicted molar refractivity (Wildman–Crippen MR) is 84.5 cm³/mol. The minimum absolute atomic E-state index is 0.330. The average molecular weight is 283 g/mol. The van der Waals surface area contributed by atoms with Gasteiger partial charge in [-0.05, 0) is 55.3 Å². The van der Waals surface area contributed by atoms with Gasteiger partial charge in [0.05, 0.1) is 5.56 Å². The normalized spacial score (nSPS) is 10.9. The van der Waals surface area contributed by atoms with Crippen LogP contribution >= 0.6 is 0 Å². The van der Waals surface area contributed by atoms with E-state index in [0.29, 0.717) is 5.56 Å². The van der Waals surface area contributed by atoms with E-state index in [0.717, 1.165) is 18.7 Å². The van der Waals surface area contributed by atoms with Gasteiger partial charge in [0.25, 0.3) is 0 Å². The Morgan fingerprint density at radius 3 is 2.33 bits per heavy atom. The Balaban J connectivity index is 2.02. The fraction of sp³-hybridized carbons (Fsp3) is 0.278. The van der Waals surface area contributed by atoms with Crippen molar-refractivity contribution in [2.45, 2.75) is 26.9 Å². The smallest absolute Gasteiger partial charge is 0.335 e. The molecule has 2 aromatic carbocycles. The fourth-order valence-electron chi connectivity index (χ4n) is 2.39. The molecule has 3 heteroatoms. The van der Waals surface area contributed by atoms with Gasteiger partial charge in [0.2, 0.25) is 0 Å². The zero-order valence-electron chi connectivity index (χ0n) is 12.8. The molecule has 3 nitrogen and oxygen atoms in total. The van der Waals surface area contributed by atoms with E-state index in [9.17, 15) is 4.79 Å². The third-order valence-electron chi connectivity index (χ3n) is 3.81. The van der Waals surface area contributed by atoms with E-state index in [1.807, 2.05) is 12.1 Å². The zero-order valence-corrected chi connectivity index (χ0v) is 12.8. The molecule has 0 aliphatic carbocycles. The SMILES string of the molecule is Cc1cccc(CN(C)Cc2ccc(C(=O)O)cc2)c1C. The van der Waals surface area contributed by atoms with Crippen molar-refractivity contribution in [1.29, 1.82) is 0 Å². The van der Waals surface area contributed by atoms with Crippen LogP contribution in [0.3, 0.4) is 0 Å². The molecule has 0 amide bonds. The first kappa shape index (κ1) is 15.3. The first-order valence-electron chi connectivity index (χ1n) is 7.03. The van der Waals surface area contributed by atoms with Crippen LogP contribution in [0, 0.1) is 13.8 Å². The summed E-state index contributed by atoms with van der Waals surface area (Å²) < 4.78 is 0. The van der Waals surface area contributed by atoms with Crippen LogP contribution in [-0.2, 0) is 13.1 Å². The maximum atomic E-state index is 10.8. The maximum Gasteiger partial charge on any atom is 0.335 e. The summed E-state index contributed by atoms with van der Waals surface area (Å²) in [5.41, 5.74) is 5.43. The Bertz CT molecular complexity index is 632. The van der Waals surface area contributed by atoms with Crippen molar-refractivity contribution in [1.82, 2.24) is 4.90 Å². The number of hydrogen-bond acceptors (Lipinski definition) is 2. The molecule has 0 heterocycles. The topological polar surface area (TPSA) is 40.5 Å². The molecule has 0 atom stereocenters. The molecule has 0 aromatic heterocycles. The van der Waals surface area contributed by atoms with E-state index in [1.54, 1.807) is 12.1 Å². The largest absolute Gasteiger partial charge is 0.478 e. The van der Waals surface area contributed by atoms with Crippen LogP contribution in [0.4, 0.5) is 0 Å². The molecule has 0 aliphatic heterocycles. The first-order valence-corrected chi connectivity index (χ1v) is 7.03. The highest BCUT2D eigenvalue weighted by molar-refractivity contribution is 5.87. The molecule has 0 radical (unpaired) electrons. The quantitative estimate of drug-likeness (QED) is 0.911. The van der Waals surface area contributed by atoms with Crippen LogP contribution in [0.15, 0.2) is 42.5 Å². The van der Waals surface area contributed by atoms with Crippen molar-refractivity contribution < 1.29 is 9.90 Å². The number of aryl methyl sites for hydroxylation is 1. The van der Waals surface area contributed by atoms with E-state index in [-0.39, 0.29) is 0 Å². The lowest BCUT2D eigenvalue weighted by atomic mass is 10.0. The molecule has 2 aromatic rings. The third-order valence-corrected chi connectivity index (χ3v) is 3.81. The van der Waals surface area contributed by atoms with Gasteiger partial charge in [-0.15, -0.1) is 0 Å². The lowest BCUT2D eigenvalue weighted by molar-refractivity contribution is 0.0697. The predicted octanol–water partition coefficient (Wildman–Crippen LogP) is 3.63. The lowest BCUT2D eigenvalue weighted by Gasteiger charge is -2.19. The minimum Gasteiger partial charge on any atom is -0.478 e. The van der Waals surface area contributed by atoms with Crippen LogP contribution in [-0.4, -0.2) is 23.0 Å². The van der Waals surface area contributed by atoms with Crippen molar-refractivity contribution >= 4 is 5.97 Å². The summed E-state index contributed by atoms with van der Waals surface area (Å²) in [7, 11) is 2.08. The number of aromatic carboxylic acids is 1. The van der Waals surface area contributed by atoms with Gasteiger partial charge in [-0.3, -0.25) is 4.90 Å². The highest BCUT2D eigenvalue weighted by Crippen LogP contribution is 2.16. The summed E-state index contributed by atoms with van der Waals surface area (Å²) in [6, 6.07) is 13.4. The van der Waals surface area contributed by atoms with Crippen LogP contribution in [0.5, 0.6) is 0 Å². The standard InChI is InChI=1S/C18H21NO2/c1-13-5-4-6-17(14(13)2)12-19(3)11-15-7-9-16(10-8-15)18(20)21/h4-10H,11-12H2,1-3H3,(H,20,21). The molecule has 0 saturated heterocycles. The minimum atomic E-state index is -0.884. The van der Waals surface area contributed by atoms with Gasteiger partial charge < -0.3 is 5.11 Å². The van der Waals surface area contributed by atoms with Gasteiger partial charge in [0.15, 0.2) is 0 Å². The van der Waals surface area contributed by atoms with Gasteiger partial charge in [0, 0.05) is 13.1 Å². The maximum absolute atomic E-state index is 10.8. The molecule has 21 heavy (non-hydrogen) atoms. The second-order valence-electron chi connectivity index (χ2n) is 5.53. The molecule has 1 N–H and O–H groups in total. The van der Waals surface area contributed by atoms with Crippen molar-refractivity contribution in [3.8, 4) is 0 Å². The Hall–Kier alpha value is -2.13. The molecule has 0 bridgehead atoms. The number of carbonyl (C=O) groups is 1. The summed E-state index contributed by atoms with van der Waals surface area (Å²) in [4.78, 5) is 13.1. The summed E-state index contributed by atoms with van der Waals surface area (Å²) in [5.74, 6) is -0.884. The third kappa shape index (κ3) is 3.92. The van der Waals surface area contributed by atoms with Gasteiger partial charge >= 0.3 is 5.97 Å². The first-order chi connectivity index (χ1) is 9.97.